The molecule has 0 radical (unpaired) electrons. The number of benzene rings is 2. The first-order valence-corrected chi connectivity index (χ1v) is 6.73. The number of rotatable bonds is 3. The molecule has 0 aliphatic heterocycles. The molecule has 2 aromatic rings. The molecule has 2 N–H and O–H groups in total. The number of nitrogens with zero attached hydrogens (tertiary/aromatic N) is 1. The summed E-state index contributed by atoms with van der Waals surface area (Å²) in [6.07, 6.45) is 0. The molecule has 0 aliphatic rings. The topological polar surface area (TPSA) is 38.5 Å². The van der Waals surface area contributed by atoms with Gasteiger partial charge in [-0.15, -0.1) is 0 Å². The number of ether oxygens (including phenoxy) is 1. The van der Waals surface area contributed by atoms with Crippen molar-refractivity contribution in [2.45, 2.75) is 0 Å². The highest BCUT2D eigenvalue weighted by Crippen LogP contribution is 2.32. The number of anilines is 3. The maximum atomic E-state index is 13.6. The lowest BCUT2D eigenvalue weighted by Gasteiger charge is -2.22. The van der Waals surface area contributed by atoms with Crippen molar-refractivity contribution in [1.29, 1.82) is 0 Å². The van der Waals surface area contributed by atoms with E-state index < -0.39 is 0 Å². The first-order valence-electron chi connectivity index (χ1n) is 5.65. The van der Waals surface area contributed by atoms with Crippen LogP contribution in [0.25, 0.3) is 0 Å². The lowest BCUT2D eigenvalue weighted by Crippen LogP contribution is -2.12. The van der Waals surface area contributed by atoms with E-state index in [1.807, 2.05) is 58.8 Å². The van der Waals surface area contributed by atoms with Crippen molar-refractivity contribution in [2.24, 2.45) is 0 Å². The summed E-state index contributed by atoms with van der Waals surface area (Å²) in [6, 6.07) is 10.6. The van der Waals surface area contributed by atoms with E-state index in [9.17, 15) is 4.39 Å². The maximum Gasteiger partial charge on any atom is 0.138 e. The zero-order valence-corrected chi connectivity index (χ0v) is 12.8. The van der Waals surface area contributed by atoms with E-state index in [1.165, 1.54) is 6.07 Å². The van der Waals surface area contributed by atoms with Gasteiger partial charge in [0.2, 0.25) is 0 Å². The minimum Gasteiger partial charge on any atom is -0.497 e. The lowest BCUT2D eigenvalue weighted by atomic mass is 10.2. The van der Waals surface area contributed by atoms with Crippen molar-refractivity contribution in [1.82, 2.24) is 0 Å². The van der Waals surface area contributed by atoms with E-state index in [4.69, 9.17) is 10.5 Å². The number of halogens is 2. The van der Waals surface area contributed by atoms with Gasteiger partial charge in [-0.2, -0.15) is 0 Å². The molecular formula is C14H14FIN2O. The van der Waals surface area contributed by atoms with Crippen LogP contribution in [0.15, 0.2) is 36.4 Å². The Kier molecular flexibility index (Phi) is 4.14. The molecule has 0 atom stereocenters. The molecular weight excluding hydrogens is 358 g/mol. The monoisotopic (exact) mass is 372 g/mol. The predicted molar refractivity (Wildman–Crippen MR) is 84.6 cm³/mol. The number of nitrogen functional groups attached to an aromatic ring is 1. The Bertz CT molecular complexity index is 587. The van der Waals surface area contributed by atoms with Crippen LogP contribution in [0.3, 0.4) is 0 Å². The molecule has 0 bridgehead atoms. The predicted octanol–water partition coefficient (Wildman–Crippen LogP) is 3.79. The first-order chi connectivity index (χ1) is 9.02. The molecule has 0 saturated carbocycles. The molecule has 2 rings (SSSR count). The molecule has 0 fully saturated rings. The molecule has 0 aromatic heterocycles. The third kappa shape index (κ3) is 2.91. The quantitative estimate of drug-likeness (QED) is 0.658. The molecule has 2 aromatic carbocycles. The largest absolute Gasteiger partial charge is 0.497 e. The highest BCUT2D eigenvalue weighted by atomic mass is 127. The SMILES string of the molecule is COc1ccc(N(C)c2cc(F)c(I)cc2N)cc1. The molecule has 3 nitrogen and oxygen atoms in total. The van der Waals surface area contributed by atoms with Gasteiger partial charge >= 0.3 is 0 Å². The summed E-state index contributed by atoms with van der Waals surface area (Å²) < 4.78 is 19.3. The zero-order chi connectivity index (χ0) is 14.0. The van der Waals surface area contributed by atoms with Gasteiger partial charge in [0.15, 0.2) is 0 Å². The van der Waals surface area contributed by atoms with Gasteiger partial charge in [-0.1, -0.05) is 0 Å². The standard InChI is InChI=1S/C14H14FIN2O/c1-18(9-3-5-10(19-2)6-4-9)14-7-11(15)12(16)8-13(14)17/h3-8H,17H2,1-2H3. The molecule has 100 valence electrons. The second kappa shape index (κ2) is 5.64. The van der Waals surface area contributed by atoms with Crippen LogP contribution >= 0.6 is 22.6 Å². The van der Waals surface area contributed by atoms with E-state index in [1.54, 1.807) is 13.2 Å². The Morgan fingerprint density at radius 1 is 1.21 bits per heavy atom. The Morgan fingerprint density at radius 3 is 2.42 bits per heavy atom. The molecule has 0 saturated heterocycles. The third-order valence-electron chi connectivity index (χ3n) is 2.89. The minimum absolute atomic E-state index is 0.273. The molecule has 19 heavy (non-hydrogen) atoms. The summed E-state index contributed by atoms with van der Waals surface area (Å²) >= 11 is 1.92. The van der Waals surface area contributed by atoms with Gasteiger partial charge < -0.3 is 15.4 Å². The zero-order valence-electron chi connectivity index (χ0n) is 10.7. The van der Waals surface area contributed by atoms with Crippen molar-refractivity contribution < 1.29 is 9.13 Å². The van der Waals surface area contributed by atoms with Gasteiger partial charge in [-0.3, -0.25) is 0 Å². The van der Waals surface area contributed by atoms with Crippen LogP contribution in [-0.2, 0) is 0 Å². The maximum absolute atomic E-state index is 13.6. The lowest BCUT2D eigenvalue weighted by molar-refractivity contribution is 0.415. The second-order valence-corrected chi connectivity index (χ2v) is 5.24. The van der Waals surface area contributed by atoms with Crippen molar-refractivity contribution in [3.05, 3.63) is 45.8 Å². The Balaban J connectivity index is 2.37. The van der Waals surface area contributed by atoms with E-state index >= 15 is 0 Å². The smallest absolute Gasteiger partial charge is 0.138 e. The molecule has 0 aliphatic carbocycles. The summed E-state index contributed by atoms with van der Waals surface area (Å²) in [5.41, 5.74) is 8.04. The van der Waals surface area contributed by atoms with Crippen LogP contribution in [0.1, 0.15) is 0 Å². The fourth-order valence-corrected chi connectivity index (χ4v) is 2.28. The summed E-state index contributed by atoms with van der Waals surface area (Å²) in [4.78, 5) is 1.84. The average molecular weight is 372 g/mol. The Labute approximate surface area is 125 Å². The Hall–Kier alpha value is -1.50. The van der Waals surface area contributed by atoms with Crippen molar-refractivity contribution in [3.8, 4) is 5.75 Å². The van der Waals surface area contributed by atoms with Gasteiger partial charge in [-0.05, 0) is 52.9 Å². The highest BCUT2D eigenvalue weighted by molar-refractivity contribution is 14.1. The van der Waals surface area contributed by atoms with Crippen LogP contribution in [0, 0.1) is 9.39 Å². The third-order valence-corrected chi connectivity index (χ3v) is 3.72. The van der Waals surface area contributed by atoms with Crippen molar-refractivity contribution >= 4 is 39.7 Å². The first kappa shape index (κ1) is 13.9. The van der Waals surface area contributed by atoms with Crippen molar-refractivity contribution in [3.63, 3.8) is 0 Å². The fourth-order valence-electron chi connectivity index (χ4n) is 1.79. The van der Waals surface area contributed by atoms with Crippen LogP contribution in [-0.4, -0.2) is 14.2 Å². The van der Waals surface area contributed by atoms with Crippen molar-refractivity contribution in [2.75, 3.05) is 24.8 Å². The molecule has 5 heteroatoms. The summed E-state index contributed by atoms with van der Waals surface area (Å²) in [5, 5.41) is 0. The molecule has 0 unspecified atom stereocenters. The normalized spacial score (nSPS) is 10.3. The highest BCUT2D eigenvalue weighted by Gasteiger charge is 2.11. The van der Waals surface area contributed by atoms with Crippen LogP contribution < -0.4 is 15.4 Å². The van der Waals surface area contributed by atoms with Gasteiger partial charge in [0.05, 0.1) is 22.1 Å². The number of methoxy groups -OCH3 is 1. The molecule has 0 spiro atoms. The van der Waals surface area contributed by atoms with Crippen LogP contribution in [0.4, 0.5) is 21.5 Å². The molecule has 0 amide bonds. The van der Waals surface area contributed by atoms with Gasteiger partial charge in [0, 0.05) is 18.8 Å². The second-order valence-electron chi connectivity index (χ2n) is 4.08. The Morgan fingerprint density at radius 2 is 1.84 bits per heavy atom. The van der Waals surface area contributed by atoms with E-state index in [0.717, 1.165) is 11.4 Å². The summed E-state index contributed by atoms with van der Waals surface area (Å²) in [7, 11) is 3.46. The summed E-state index contributed by atoms with van der Waals surface area (Å²) in [6.45, 7) is 0. The average Bonchev–Trinajstić information content (AvgIpc) is 2.42. The van der Waals surface area contributed by atoms with Gasteiger partial charge in [0.25, 0.3) is 0 Å². The number of hydrogen-bond donors (Lipinski definition) is 1. The van der Waals surface area contributed by atoms with E-state index in [0.29, 0.717) is 14.9 Å². The van der Waals surface area contributed by atoms with Gasteiger partial charge in [-0.25, -0.2) is 4.39 Å². The van der Waals surface area contributed by atoms with Crippen LogP contribution in [0.5, 0.6) is 5.75 Å². The van der Waals surface area contributed by atoms with E-state index in [-0.39, 0.29) is 5.82 Å². The number of hydrogen-bond acceptors (Lipinski definition) is 3. The van der Waals surface area contributed by atoms with E-state index in [2.05, 4.69) is 0 Å². The fraction of sp³-hybridized carbons (Fsp3) is 0.143. The summed E-state index contributed by atoms with van der Waals surface area (Å²) in [5.74, 6) is 0.504. The molecule has 0 heterocycles. The minimum atomic E-state index is -0.273. The van der Waals surface area contributed by atoms with Gasteiger partial charge in [0.1, 0.15) is 11.6 Å². The van der Waals surface area contributed by atoms with Crippen LogP contribution in [0.2, 0.25) is 0 Å². The number of nitrogens with two attached hydrogens (primary N) is 1.